The molecule has 5 rings (SSSR count). The van der Waals surface area contributed by atoms with Gasteiger partial charge in [0.1, 0.15) is 6.54 Å². The van der Waals surface area contributed by atoms with E-state index >= 15 is 0 Å². The summed E-state index contributed by atoms with van der Waals surface area (Å²) in [5, 5.41) is 13.4. The summed E-state index contributed by atoms with van der Waals surface area (Å²) in [5.41, 5.74) is 1.34. The van der Waals surface area contributed by atoms with Gasteiger partial charge in [-0.1, -0.05) is 58.9 Å². The van der Waals surface area contributed by atoms with Crippen molar-refractivity contribution in [2.45, 2.75) is 18.6 Å². The van der Waals surface area contributed by atoms with Gasteiger partial charge in [0.15, 0.2) is 12.1 Å². The Balaban J connectivity index is 1.37. The van der Waals surface area contributed by atoms with Crippen LogP contribution in [-0.2, 0) is 16.1 Å². The molecule has 3 aromatic rings. The van der Waals surface area contributed by atoms with Crippen molar-refractivity contribution in [3.8, 4) is 11.4 Å². The Morgan fingerprint density at radius 2 is 1.64 bits per heavy atom. The van der Waals surface area contributed by atoms with Crippen LogP contribution in [0.5, 0.6) is 0 Å². The minimum absolute atomic E-state index is 0.0894. The lowest BCUT2D eigenvalue weighted by atomic mass is 10.1. The summed E-state index contributed by atoms with van der Waals surface area (Å²) in [5.74, 6) is -0.0168. The van der Waals surface area contributed by atoms with E-state index in [-0.39, 0.29) is 24.2 Å². The maximum Gasteiger partial charge on any atom is 0.263 e. The number of carbonyl (C=O) groups is 2. The Hall–Kier alpha value is -3.88. The van der Waals surface area contributed by atoms with Gasteiger partial charge in [-0.25, -0.2) is 4.90 Å². The molecule has 2 aliphatic rings. The predicted octanol–water partition coefficient (Wildman–Crippen LogP) is 2.23. The molecule has 1 fully saturated rings. The van der Waals surface area contributed by atoms with Crippen molar-refractivity contribution in [2.75, 3.05) is 4.90 Å². The number of anilines is 1. The van der Waals surface area contributed by atoms with E-state index in [4.69, 9.17) is 4.52 Å². The van der Waals surface area contributed by atoms with E-state index in [0.717, 1.165) is 10.5 Å². The van der Waals surface area contributed by atoms with Crippen LogP contribution in [0.3, 0.4) is 0 Å². The van der Waals surface area contributed by atoms with Crippen LogP contribution in [0.2, 0.25) is 0 Å². The highest BCUT2D eigenvalue weighted by Crippen LogP contribution is 2.32. The van der Waals surface area contributed by atoms with Gasteiger partial charge < -0.3 is 4.52 Å². The Morgan fingerprint density at radius 1 is 0.929 bits per heavy atom. The Labute approximate surface area is 159 Å². The third kappa shape index (κ3) is 2.56. The third-order valence-corrected chi connectivity index (χ3v) is 4.67. The molecule has 138 valence electrons. The molecule has 9 nitrogen and oxygen atoms in total. The molecular formula is C19H14N6O3. The molecule has 1 saturated heterocycles. The number of aromatic nitrogens is 2. The monoisotopic (exact) mass is 374 g/mol. The second-order valence-electron chi connectivity index (χ2n) is 6.42. The average Bonchev–Trinajstić information content (AvgIpc) is 3.42. The van der Waals surface area contributed by atoms with Gasteiger partial charge in [0.2, 0.25) is 11.7 Å². The van der Waals surface area contributed by atoms with Crippen LogP contribution in [0.15, 0.2) is 75.5 Å². The number of imide groups is 1. The zero-order valence-electron chi connectivity index (χ0n) is 14.5. The first-order valence-electron chi connectivity index (χ1n) is 8.70. The molecule has 2 amide bonds. The first kappa shape index (κ1) is 16.3. The van der Waals surface area contributed by atoms with Crippen LogP contribution in [0.25, 0.3) is 11.4 Å². The van der Waals surface area contributed by atoms with Crippen molar-refractivity contribution in [3.05, 3.63) is 66.6 Å². The number of nitrogens with zero attached hydrogens (tertiary/aromatic N) is 6. The molecular weight excluding hydrogens is 360 g/mol. The molecule has 0 radical (unpaired) electrons. The molecule has 9 heteroatoms. The SMILES string of the molecule is O=C1[C@H]2N=NN(Cc3nc(-c4ccccc4)no3)[C@@H]2C(=O)N1c1ccccc1. The molecule has 2 aromatic carbocycles. The van der Waals surface area contributed by atoms with Crippen molar-refractivity contribution in [2.24, 2.45) is 10.3 Å². The second-order valence-corrected chi connectivity index (χ2v) is 6.42. The fourth-order valence-corrected chi connectivity index (χ4v) is 3.35. The normalized spacial score (nSPS) is 20.9. The number of para-hydroxylation sites is 1. The van der Waals surface area contributed by atoms with Crippen molar-refractivity contribution in [3.63, 3.8) is 0 Å². The summed E-state index contributed by atoms with van der Waals surface area (Å²) >= 11 is 0. The van der Waals surface area contributed by atoms with E-state index in [2.05, 4.69) is 20.5 Å². The number of rotatable bonds is 4. The molecule has 2 atom stereocenters. The minimum atomic E-state index is -0.857. The number of benzene rings is 2. The van der Waals surface area contributed by atoms with Crippen LogP contribution in [-0.4, -0.2) is 39.0 Å². The molecule has 0 N–H and O–H groups in total. The lowest BCUT2D eigenvalue weighted by molar-refractivity contribution is -0.123. The largest absolute Gasteiger partial charge is 0.337 e. The maximum absolute atomic E-state index is 12.9. The van der Waals surface area contributed by atoms with Gasteiger partial charge in [-0.2, -0.15) is 10.1 Å². The summed E-state index contributed by atoms with van der Waals surface area (Å²) in [4.78, 5) is 31.1. The molecule has 0 spiro atoms. The lowest BCUT2D eigenvalue weighted by Gasteiger charge is -2.19. The van der Waals surface area contributed by atoms with Gasteiger partial charge in [0.25, 0.3) is 11.8 Å². The van der Waals surface area contributed by atoms with Gasteiger partial charge in [-0.3, -0.25) is 14.6 Å². The quantitative estimate of drug-likeness (QED) is 0.649. The number of hydrogen-bond acceptors (Lipinski definition) is 8. The van der Waals surface area contributed by atoms with Gasteiger partial charge in [-0.15, -0.1) is 0 Å². The first-order valence-corrected chi connectivity index (χ1v) is 8.70. The highest BCUT2D eigenvalue weighted by Gasteiger charge is 2.55. The molecule has 0 bridgehead atoms. The zero-order valence-corrected chi connectivity index (χ0v) is 14.5. The van der Waals surface area contributed by atoms with E-state index < -0.39 is 12.1 Å². The minimum Gasteiger partial charge on any atom is -0.337 e. The zero-order chi connectivity index (χ0) is 19.1. The van der Waals surface area contributed by atoms with Crippen LogP contribution in [0.1, 0.15) is 5.89 Å². The fraction of sp³-hybridized carbons (Fsp3) is 0.158. The van der Waals surface area contributed by atoms with Crippen molar-refractivity contribution in [1.82, 2.24) is 15.1 Å². The number of fused-ring (bicyclic) bond motifs is 1. The third-order valence-electron chi connectivity index (χ3n) is 4.67. The number of carbonyl (C=O) groups excluding carboxylic acids is 2. The lowest BCUT2D eigenvalue weighted by Crippen LogP contribution is -2.39. The fourth-order valence-electron chi connectivity index (χ4n) is 3.35. The Bertz CT molecular complexity index is 1070. The highest BCUT2D eigenvalue weighted by atomic mass is 16.5. The molecule has 0 unspecified atom stereocenters. The molecule has 0 aliphatic carbocycles. The van der Waals surface area contributed by atoms with Gasteiger partial charge in [0, 0.05) is 5.56 Å². The van der Waals surface area contributed by atoms with Crippen LogP contribution < -0.4 is 4.90 Å². The molecule has 0 saturated carbocycles. The number of amides is 2. The first-order chi connectivity index (χ1) is 13.7. The maximum atomic E-state index is 12.9. The molecule has 1 aromatic heterocycles. The second kappa shape index (κ2) is 6.38. The average molecular weight is 374 g/mol. The summed E-state index contributed by atoms with van der Waals surface area (Å²) in [6.45, 7) is 0.0894. The van der Waals surface area contributed by atoms with Crippen LogP contribution in [0, 0.1) is 0 Å². The van der Waals surface area contributed by atoms with Crippen molar-refractivity contribution in [1.29, 1.82) is 0 Å². The molecule has 3 heterocycles. The van der Waals surface area contributed by atoms with E-state index in [1.165, 1.54) is 5.01 Å². The predicted molar refractivity (Wildman–Crippen MR) is 96.6 cm³/mol. The van der Waals surface area contributed by atoms with Gasteiger partial charge in [0.05, 0.1) is 5.69 Å². The van der Waals surface area contributed by atoms with Gasteiger partial charge in [-0.05, 0) is 12.1 Å². The molecule has 28 heavy (non-hydrogen) atoms. The Kier molecular flexibility index (Phi) is 3.71. The summed E-state index contributed by atoms with van der Waals surface area (Å²) in [6.07, 6.45) is 0. The van der Waals surface area contributed by atoms with Crippen molar-refractivity contribution >= 4 is 17.5 Å². The molecule has 2 aliphatic heterocycles. The van der Waals surface area contributed by atoms with Crippen LogP contribution >= 0.6 is 0 Å². The number of hydrogen-bond donors (Lipinski definition) is 0. The van der Waals surface area contributed by atoms with Crippen molar-refractivity contribution < 1.29 is 14.1 Å². The standard InChI is InChI=1S/C19H14N6O3/c26-18-15-16(19(27)25(18)13-9-5-2-6-10-13)24(23-21-15)11-14-20-17(22-28-14)12-7-3-1-4-8-12/h1-10,15-16H,11H2/t15-,16-/m0/s1. The summed E-state index contributed by atoms with van der Waals surface area (Å²) < 4.78 is 5.29. The van der Waals surface area contributed by atoms with Gasteiger partial charge >= 0.3 is 0 Å². The van der Waals surface area contributed by atoms with E-state index in [1.54, 1.807) is 24.3 Å². The highest BCUT2D eigenvalue weighted by molar-refractivity contribution is 6.25. The topological polar surface area (TPSA) is 104 Å². The van der Waals surface area contributed by atoms with E-state index in [9.17, 15) is 9.59 Å². The summed E-state index contributed by atoms with van der Waals surface area (Å²) in [7, 11) is 0. The summed E-state index contributed by atoms with van der Waals surface area (Å²) in [6, 6.07) is 16.5. The van der Waals surface area contributed by atoms with Crippen LogP contribution in [0.4, 0.5) is 5.69 Å². The Morgan fingerprint density at radius 3 is 2.39 bits per heavy atom. The smallest absolute Gasteiger partial charge is 0.263 e. The van der Waals surface area contributed by atoms with E-state index in [0.29, 0.717) is 11.5 Å². The van der Waals surface area contributed by atoms with E-state index in [1.807, 2.05) is 36.4 Å².